The molecule has 0 aromatic heterocycles. The minimum absolute atomic E-state index is 0.960. The highest BCUT2D eigenvalue weighted by Crippen LogP contribution is 2.18. The van der Waals surface area contributed by atoms with Gasteiger partial charge in [0, 0.05) is 0 Å². The van der Waals surface area contributed by atoms with E-state index >= 15 is 0 Å². The second kappa shape index (κ2) is 4.40. The quantitative estimate of drug-likeness (QED) is 0.559. The summed E-state index contributed by atoms with van der Waals surface area (Å²) in [5.74, 6) is 0. The molecule has 0 aliphatic heterocycles. The number of halogens is 2. The third kappa shape index (κ3) is 7.51. The van der Waals surface area contributed by atoms with Crippen LogP contribution in [0.1, 0.15) is 0 Å². The molecule has 0 heterocycles. The SMILES string of the molecule is C[Si](C)(C)O[Si](C)(Cl)O[SiH2]Cl. The molecule has 0 aromatic carbocycles. The average Bonchev–Trinajstić information content (AvgIpc) is 1.55. The van der Waals surface area contributed by atoms with E-state index in [1.165, 1.54) is 0 Å². The lowest BCUT2D eigenvalue weighted by Gasteiger charge is -2.27. The second-order valence-electron chi connectivity index (χ2n) is 3.30. The molecule has 0 bridgehead atoms. The minimum atomic E-state index is -2.37. The van der Waals surface area contributed by atoms with Crippen molar-refractivity contribution in [1.29, 1.82) is 0 Å². The lowest BCUT2D eigenvalue weighted by atomic mass is 11.8. The van der Waals surface area contributed by atoms with E-state index in [1.54, 1.807) is 0 Å². The topological polar surface area (TPSA) is 18.5 Å². The first-order valence-corrected chi connectivity index (χ1v) is 12.8. The zero-order valence-corrected chi connectivity index (χ0v) is 12.2. The highest BCUT2D eigenvalue weighted by atomic mass is 35.6. The van der Waals surface area contributed by atoms with E-state index < -0.39 is 25.3 Å². The molecule has 7 heteroatoms. The maximum atomic E-state index is 6.00. The molecular weight excluding hydrogens is 235 g/mol. The van der Waals surface area contributed by atoms with Gasteiger partial charge in [0.1, 0.15) is 0 Å². The largest absolute Gasteiger partial charge is 0.426 e. The molecule has 0 radical (unpaired) electrons. The third-order valence-electron chi connectivity index (χ3n) is 0.801. The lowest BCUT2D eigenvalue weighted by molar-refractivity contribution is 0.436. The summed E-state index contributed by atoms with van der Waals surface area (Å²) in [5.41, 5.74) is 0. The fourth-order valence-electron chi connectivity index (χ4n) is 0.674. The Hall–Kier alpha value is 1.15. The van der Waals surface area contributed by atoms with Gasteiger partial charge in [-0.05, 0) is 26.2 Å². The molecule has 11 heavy (non-hydrogen) atoms. The molecule has 0 fully saturated rings. The van der Waals surface area contributed by atoms with Crippen molar-refractivity contribution in [2.45, 2.75) is 26.2 Å². The molecule has 0 aliphatic rings. The molecule has 0 amide bonds. The first kappa shape index (κ1) is 12.2. The molecular formula is C4H14Cl2O2Si3. The Bertz CT molecular complexity index is 125. The summed E-state index contributed by atoms with van der Waals surface area (Å²) in [6.07, 6.45) is 0. The summed E-state index contributed by atoms with van der Waals surface area (Å²) in [6, 6.07) is 0. The maximum Gasteiger partial charge on any atom is 0.419 e. The smallest absolute Gasteiger partial charge is 0.419 e. The molecule has 1 atom stereocenters. The van der Waals surface area contributed by atoms with E-state index in [0.717, 1.165) is 0 Å². The van der Waals surface area contributed by atoms with Crippen LogP contribution in [0.5, 0.6) is 0 Å². The Morgan fingerprint density at radius 2 is 1.64 bits per heavy atom. The molecule has 0 saturated heterocycles. The Kier molecular flexibility index (Phi) is 4.87. The summed E-state index contributed by atoms with van der Waals surface area (Å²) in [5, 5.41) is 0. The van der Waals surface area contributed by atoms with E-state index in [4.69, 9.17) is 30.4 Å². The van der Waals surface area contributed by atoms with Crippen molar-refractivity contribution in [2.75, 3.05) is 0 Å². The Balaban J connectivity index is 3.91. The Morgan fingerprint density at radius 3 is 1.91 bits per heavy atom. The second-order valence-corrected chi connectivity index (χ2v) is 14.1. The van der Waals surface area contributed by atoms with E-state index in [1.807, 2.05) is 6.55 Å². The fraction of sp³-hybridized carbons (Fsp3) is 1.00. The van der Waals surface area contributed by atoms with Crippen molar-refractivity contribution in [3.8, 4) is 0 Å². The number of hydrogen-bond acceptors (Lipinski definition) is 2. The standard InChI is InChI=1S/C4H14Cl2O2Si3/c1-10(2,3)8-11(4,6)7-9-5/h9H2,1-4H3. The van der Waals surface area contributed by atoms with Crippen molar-refractivity contribution in [3.63, 3.8) is 0 Å². The first-order chi connectivity index (χ1) is 4.77. The summed E-state index contributed by atoms with van der Waals surface area (Å²) >= 11 is 11.5. The molecule has 0 rings (SSSR count). The van der Waals surface area contributed by atoms with Crippen molar-refractivity contribution in [1.82, 2.24) is 0 Å². The molecule has 0 spiro atoms. The molecule has 0 aliphatic carbocycles. The highest BCUT2D eigenvalue weighted by molar-refractivity contribution is 7.17. The highest BCUT2D eigenvalue weighted by Gasteiger charge is 2.34. The van der Waals surface area contributed by atoms with E-state index in [2.05, 4.69) is 19.6 Å². The van der Waals surface area contributed by atoms with Crippen molar-refractivity contribution < 1.29 is 8.23 Å². The van der Waals surface area contributed by atoms with Crippen LogP contribution >= 0.6 is 22.2 Å². The fourth-order valence-corrected chi connectivity index (χ4v) is 11.5. The van der Waals surface area contributed by atoms with Gasteiger partial charge in [-0.1, -0.05) is 0 Å². The Labute approximate surface area is 81.9 Å². The van der Waals surface area contributed by atoms with Crippen LogP contribution in [0.15, 0.2) is 0 Å². The van der Waals surface area contributed by atoms with Crippen LogP contribution in [-0.2, 0) is 8.23 Å². The van der Waals surface area contributed by atoms with Crippen LogP contribution in [-0.4, -0.2) is 25.3 Å². The van der Waals surface area contributed by atoms with Gasteiger partial charge >= 0.3 is 7.87 Å². The van der Waals surface area contributed by atoms with Crippen LogP contribution in [0.3, 0.4) is 0 Å². The summed E-state index contributed by atoms with van der Waals surface area (Å²) in [6.45, 7) is 8.07. The molecule has 0 saturated carbocycles. The van der Waals surface area contributed by atoms with Gasteiger partial charge in [0.2, 0.25) is 9.07 Å². The van der Waals surface area contributed by atoms with Gasteiger partial charge in [-0.3, -0.25) is 0 Å². The number of hydrogen-bond donors (Lipinski definition) is 0. The van der Waals surface area contributed by atoms with Gasteiger partial charge in [0.05, 0.1) is 0 Å². The van der Waals surface area contributed by atoms with Gasteiger partial charge in [0.15, 0.2) is 8.32 Å². The van der Waals surface area contributed by atoms with Crippen molar-refractivity contribution in [3.05, 3.63) is 0 Å². The average molecular weight is 249 g/mol. The molecule has 1 unspecified atom stereocenters. The molecule has 68 valence electrons. The predicted molar refractivity (Wildman–Crippen MR) is 57.4 cm³/mol. The maximum absolute atomic E-state index is 6.00. The van der Waals surface area contributed by atoms with E-state index in [-0.39, 0.29) is 0 Å². The first-order valence-electron chi connectivity index (χ1n) is 3.36. The van der Waals surface area contributed by atoms with E-state index in [9.17, 15) is 0 Å². The van der Waals surface area contributed by atoms with Crippen molar-refractivity contribution in [2.24, 2.45) is 0 Å². The minimum Gasteiger partial charge on any atom is -0.426 e. The zero-order chi connectivity index (χ0) is 9.12. The zero-order valence-electron chi connectivity index (χ0n) is 7.28. The van der Waals surface area contributed by atoms with E-state index in [0.29, 0.717) is 0 Å². The van der Waals surface area contributed by atoms with Crippen LogP contribution in [0, 0.1) is 0 Å². The van der Waals surface area contributed by atoms with Crippen LogP contribution < -0.4 is 0 Å². The molecule has 2 nitrogen and oxygen atoms in total. The van der Waals surface area contributed by atoms with Gasteiger partial charge < -0.3 is 8.23 Å². The Morgan fingerprint density at radius 1 is 1.18 bits per heavy atom. The summed E-state index contributed by atoms with van der Waals surface area (Å²) in [4.78, 5) is 0. The van der Waals surface area contributed by atoms with Gasteiger partial charge in [-0.15, -0.1) is 22.2 Å². The van der Waals surface area contributed by atoms with Gasteiger partial charge in [0.25, 0.3) is 0 Å². The summed E-state index contributed by atoms with van der Waals surface area (Å²) < 4.78 is 10.9. The predicted octanol–water partition coefficient (Wildman–Crippen LogP) is 1.90. The van der Waals surface area contributed by atoms with Crippen LogP contribution in [0.25, 0.3) is 0 Å². The monoisotopic (exact) mass is 248 g/mol. The van der Waals surface area contributed by atoms with Crippen LogP contribution in [0.4, 0.5) is 0 Å². The number of rotatable bonds is 4. The summed E-state index contributed by atoms with van der Waals surface area (Å²) in [7, 11) is -4.90. The third-order valence-corrected chi connectivity index (χ3v) is 9.87. The van der Waals surface area contributed by atoms with Crippen LogP contribution in [0.2, 0.25) is 26.2 Å². The van der Waals surface area contributed by atoms with Gasteiger partial charge in [-0.25, -0.2) is 0 Å². The normalized spacial score (nSPS) is 19.1. The van der Waals surface area contributed by atoms with Gasteiger partial charge in [-0.2, -0.15) is 0 Å². The van der Waals surface area contributed by atoms with Crippen molar-refractivity contribution >= 4 is 47.4 Å². The molecule has 0 aromatic rings. The molecule has 0 N–H and O–H groups in total. The lowest BCUT2D eigenvalue weighted by Crippen LogP contribution is -2.43.